The van der Waals surface area contributed by atoms with Crippen LogP contribution in [-0.2, 0) is 3.76 Å². The van der Waals surface area contributed by atoms with Gasteiger partial charge in [-0.2, -0.15) is 0 Å². The Balaban J connectivity index is 4.30. The molecule has 0 fully saturated rings. The molecule has 12 heavy (non-hydrogen) atoms. The monoisotopic (exact) mass is 234 g/mol. The summed E-state index contributed by atoms with van der Waals surface area (Å²) in [5, 5.41) is 3.89. The van der Waals surface area contributed by atoms with E-state index in [4.69, 9.17) is 3.76 Å². The molecule has 0 saturated carbocycles. The van der Waals surface area contributed by atoms with Gasteiger partial charge in [0.1, 0.15) is 0 Å². The Labute approximate surface area is 80.6 Å². The SMILES string of the molecule is C[CH2][Ge]([CH2]C)([CH2]C)[O]C(C)(C)C. The van der Waals surface area contributed by atoms with E-state index in [-0.39, 0.29) is 5.60 Å². The molecule has 0 amide bonds. The maximum absolute atomic E-state index is 6.26. The predicted octanol–water partition coefficient (Wildman–Crippen LogP) is 3.81. The Morgan fingerprint density at radius 1 is 0.917 bits per heavy atom. The predicted molar refractivity (Wildman–Crippen MR) is 58.0 cm³/mol. The third-order valence-corrected chi connectivity index (χ3v) is 12.8. The zero-order valence-corrected chi connectivity index (χ0v) is 11.6. The quantitative estimate of drug-likeness (QED) is 0.670. The van der Waals surface area contributed by atoms with E-state index in [9.17, 15) is 0 Å². The summed E-state index contributed by atoms with van der Waals surface area (Å²) >= 11 is -1.86. The third kappa shape index (κ3) is 3.95. The fourth-order valence-electron chi connectivity index (χ4n) is 1.62. The maximum atomic E-state index is 6.26. The Bertz CT molecular complexity index is 114. The van der Waals surface area contributed by atoms with Crippen LogP contribution >= 0.6 is 0 Å². The molecule has 0 unspecified atom stereocenters. The molecule has 0 aromatic heterocycles. The average molecular weight is 233 g/mol. The van der Waals surface area contributed by atoms with Gasteiger partial charge in [-0.05, 0) is 0 Å². The molecule has 0 radical (unpaired) electrons. The van der Waals surface area contributed by atoms with Crippen LogP contribution in [0.5, 0.6) is 0 Å². The molecule has 0 bridgehead atoms. The molecular weight excluding hydrogens is 209 g/mol. The molecule has 0 atom stereocenters. The molecule has 0 aliphatic carbocycles. The molecular formula is C10H24GeO. The topological polar surface area (TPSA) is 9.23 Å². The van der Waals surface area contributed by atoms with Crippen LogP contribution in [0, 0.1) is 0 Å². The number of hydrogen-bond acceptors (Lipinski definition) is 1. The van der Waals surface area contributed by atoms with Gasteiger partial charge >= 0.3 is 80.3 Å². The van der Waals surface area contributed by atoms with E-state index in [1.165, 1.54) is 15.8 Å². The zero-order valence-electron chi connectivity index (χ0n) is 9.53. The van der Waals surface area contributed by atoms with E-state index < -0.39 is 13.6 Å². The molecule has 0 heterocycles. The molecule has 0 aliphatic heterocycles. The standard InChI is InChI=1S/C10H24GeO/c1-7-11(8-2,9-3)12-10(4,5)6/h7-9H2,1-6H3. The Kier molecular flexibility index (Phi) is 4.85. The van der Waals surface area contributed by atoms with Gasteiger partial charge in [-0.15, -0.1) is 0 Å². The summed E-state index contributed by atoms with van der Waals surface area (Å²) in [6, 6.07) is 0. The minimum atomic E-state index is -1.86. The molecule has 0 aromatic rings. The van der Waals surface area contributed by atoms with E-state index in [2.05, 4.69) is 41.5 Å². The third-order valence-electron chi connectivity index (χ3n) is 2.46. The first kappa shape index (κ1) is 12.5. The number of rotatable bonds is 4. The summed E-state index contributed by atoms with van der Waals surface area (Å²) in [6.45, 7) is 13.4. The van der Waals surface area contributed by atoms with Crippen molar-refractivity contribution in [2.45, 2.75) is 62.9 Å². The molecule has 0 aliphatic rings. The van der Waals surface area contributed by atoms with Crippen LogP contribution in [0.15, 0.2) is 0 Å². The minimum absolute atomic E-state index is 0.0715. The second-order valence-electron chi connectivity index (χ2n) is 4.46. The van der Waals surface area contributed by atoms with Gasteiger partial charge in [0.25, 0.3) is 0 Å². The Hall–Kier alpha value is 0.503. The molecule has 2 heteroatoms. The molecule has 0 N–H and O–H groups in total. The van der Waals surface area contributed by atoms with Crippen molar-refractivity contribution < 1.29 is 3.76 Å². The first-order valence-electron chi connectivity index (χ1n) is 5.09. The van der Waals surface area contributed by atoms with E-state index in [0.29, 0.717) is 0 Å². The zero-order chi connectivity index (χ0) is 9.83. The van der Waals surface area contributed by atoms with Gasteiger partial charge in [0, 0.05) is 0 Å². The summed E-state index contributed by atoms with van der Waals surface area (Å²) in [4.78, 5) is 0. The van der Waals surface area contributed by atoms with Crippen LogP contribution in [0.1, 0.15) is 41.5 Å². The normalized spacial score (nSPS) is 13.5. The van der Waals surface area contributed by atoms with Crippen LogP contribution < -0.4 is 0 Å². The summed E-state index contributed by atoms with van der Waals surface area (Å²) in [6.07, 6.45) is 0. The van der Waals surface area contributed by atoms with Crippen molar-refractivity contribution >= 4 is 13.6 Å². The van der Waals surface area contributed by atoms with E-state index in [1.807, 2.05) is 0 Å². The second kappa shape index (κ2) is 4.66. The van der Waals surface area contributed by atoms with Crippen molar-refractivity contribution in [2.75, 3.05) is 0 Å². The van der Waals surface area contributed by atoms with Gasteiger partial charge in [0.15, 0.2) is 0 Å². The van der Waals surface area contributed by atoms with E-state index in [1.54, 1.807) is 0 Å². The molecule has 1 nitrogen and oxygen atoms in total. The van der Waals surface area contributed by atoms with Gasteiger partial charge in [-0.3, -0.25) is 0 Å². The molecule has 74 valence electrons. The van der Waals surface area contributed by atoms with Crippen molar-refractivity contribution in [1.29, 1.82) is 0 Å². The Morgan fingerprint density at radius 3 is 1.33 bits per heavy atom. The van der Waals surface area contributed by atoms with Gasteiger partial charge < -0.3 is 0 Å². The van der Waals surface area contributed by atoms with Gasteiger partial charge in [-0.25, -0.2) is 0 Å². The second-order valence-corrected chi connectivity index (χ2v) is 14.3. The molecule has 0 rings (SSSR count). The van der Waals surface area contributed by atoms with Crippen molar-refractivity contribution in [3.63, 3.8) is 0 Å². The summed E-state index contributed by atoms with van der Waals surface area (Å²) < 4.78 is 6.26. The Morgan fingerprint density at radius 2 is 1.25 bits per heavy atom. The summed E-state index contributed by atoms with van der Waals surface area (Å²) in [7, 11) is 0. The summed E-state index contributed by atoms with van der Waals surface area (Å²) in [5.41, 5.74) is 0.0715. The van der Waals surface area contributed by atoms with Crippen LogP contribution in [-0.4, -0.2) is 19.2 Å². The van der Waals surface area contributed by atoms with Gasteiger partial charge in [-0.1, -0.05) is 0 Å². The first-order chi connectivity index (χ1) is 5.39. The van der Waals surface area contributed by atoms with Crippen molar-refractivity contribution in [3.05, 3.63) is 0 Å². The van der Waals surface area contributed by atoms with Crippen LogP contribution in [0.4, 0.5) is 0 Å². The van der Waals surface area contributed by atoms with Gasteiger partial charge in [0.2, 0.25) is 0 Å². The van der Waals surface area contributed by atoms with E-state index >= 15 is 0 Å². The average Bonchev–Trinajstić information content (AvgIpc) is 1.99. The number of hydrogen-bond donors (Lipinski definition) is 0. The van der Waals surface area contributed by atoms with Crippen LogP contribution in [0.25, 0.3) is 0 Å². The fraction of sp³-hybridized carbons (Fsp3) is 1.00. The summed E-state index contributed by atoms with van der Waals surface area (Å²) in [5.74, 6) is 0. The molecule has 0 aromatic carbocycles. The van der Waals surface area contributed by atoms with E-state index in [0.717, 1.165) is 0 Å². The van der Waals surface area contributed by atoms with Crippen LogP contribution in [0.2, 0.25) is 15.8 Å². The van der Waals surface area contributed by atoms with Gasteiger partial charge in [0.05, 0.1) is 0 Å². The molecule has 0 saturated heterocycles. The van der Waals surface area contributed by atoms with Crippen molar-refractivity contribution in [3.8, 4) is 0 Å². The fourth-order valence-corrected chi connectivity index (χ4v) is 8.40. The molecule has 0 spiro atoms. The van der Waals surface area contributed by atoms with Crippen molar-refractivity contribution in [2.24, 2.45) is 0 Å². The first-order valence-corrected chi connectivity index (χ1v) is 10.4. The van der Waals surface area contributed by atoms with Crippen molar-refractivity contribution in [1.82, 2.24) is 0 Å². The van der Waals surface area contributed by atoms with Crippen LogP contribution in [0.3, 0.4) is 0 Å².